The third-order valence-corrected chi connectivity index (χ3v) is 3.68. The van der Waals surface area contributed by atoms with Crippen LogP contribution in [0.15, 0.2) is 54.6 Å². The summed E-state index contributed by atoms with van der Waals surface area (Å²) in [5, 5.41) is 0. The Balaban J connectivity index is 1.93. The molecule has 2 aromatic rings. The minimum absolute atomic E-state index is 0.0318. The van der Waals surface area contributed by atoms with E-state index in [-0.39, 0.29) is 11.6 Å². The van der Waals surface area contributed by atoms with Gasteiger partial charge in [-0.1, -0.05) is 54.6 Å². The van der Waals surface area contributed by atoms with Crippen LogP contribution in [0.3, 0.4) is 0 Å². The second-order valence-electron chi connectivity index (χ2n) is 4.84. The third kappa shape index (κ3) is 2.10. The van der Waals surface area contributed by atoms with Crippen LogP contribution in [-0.2, 0) is 6.42 Å². The molecule has 0 radical (unpaired) electrons. The first kappa shape index (κ1) is 11.8. The van der Waals surface area contributed by atoms with E-state index in [1.165, 1.54) is 0 Å². The van der Waals surface area contributed by atoms with E-state index in [2.05, 4.69) is 0 Å². The Morgan fingerprint density at radius 3 is 2.42 bits per heavy atom. The first-order valence-electron chi connectivity index (χ1n) is 6.49. The second kappa shape index (κ2) is 4.81. The molecule has 0 bridgehead atoms. The molecule has 1 aliphatic carbocycles. The van der Waals surface area contributed by atoms with Gasteiger partial charge >= 0.3 is 0 Å². The summed E-state index contributed by atoms with van der Waals surface area (Å²) in [5.41, 5.74) is 2.40. The van der Waals surface area contributed by atoms with Crippen molar-refractivity contribution in [2.75, 3.05) is 0 Å². The Hall–Kier alpha value is -2.22. The zero-order chi connectivity index (χ0) is 13.2. The molecule has 1 atom stereocenters. The lowest BCUT2D eigenvalue weighted by molar-refractivity contribution is 0.0790. The molecule has 0 aliphatic heterocycles. The second-order valence-corrected chi connectivity index (χ2v) is 4.84. The molecule has 2 nitrogen and oxygen atoms in total. The molecule has 0 N–H and O–H groups in total. The smallest absolute Gasteiger partial charge is 0.173 e. The van der Waals surface area contributed by atoms with Crippen LogP contribution in [0.1, 0.15) is 32.7 Å². The molecule has 2 aromatic carbocycles. The number of Topliss-reactive ketones (excluding diaryl/α,β-unsaturated/α-hetero) is 2. The molecule has 94 valence electrons. The molecular weight excluding hydrogens is 236 g/mol. The van der Waals surface area contributed by atoms with Crippen molar-refractivity contribution in [3.05, 3.63) is 71.3 Å². The number of carbonyl (C=O) groups excluding carboxylic acids is 2. The molecule has 0 spiro atoms. The van der Waals surface area contributed by atoms with Gasteiger partial charge in [0, 0.05) is 11.1 Å². The van der Waals surface area contributed by atoms with E-state index in [0.717, 1.165) is 12.0 Å². The van der Waals surface area contributed by atoms with Gasteiger partial charge in [-0.05, 0) is 18.4 Å². The zero-order valence-corrected chi connectivity index (χ0v) is 10.5. The molecule has 0 amide bonds. The topological polar surface area (TPSA) is 34.1 Å². The predicted octanol–water partition coefficient (Wildman–Crippen LogP) is 3.31. The maximum absolute atomic E-state index is 12.4. The van der Waals surface area contributed by atoms with E-state index in [4.69, 9.17) is 0 Å². The number of hydrogen-bond donors (Lipinski definition) is 0. The van der Waals surface area contributed by atoms with Crippen molar-refractivity contribution in [2.45, 2.75) is 12.8 Å². The first-order valence-corrected chi connectivity index (χ1v) is 6.49. The van der Waals surface area contributed by atoms with Gasteiger partial charge in [0.2, 0.25) is 0 Å². The Bertz CT molecular complexity index is 629. The van der Waals surface area contributed by atoms with Crippen molar-refractivity contribution in [3.63, 3.8) is 0 Å². The van der Waals surface area contributed by atoms with Gasteiger partial charge in [0.25, 0.3) is 0 Å². The normalized spacial score (nSPS) is 17.9. The molecule has 0 fully saturated rings. The lowest BCUT2D eigenvalue weighted by Gasteiger charge is -2.22. The van der Waals surface area contributed by atoms with Gasteiger partial charge in [0.05, 0.1) is 5.92 Å². The van der Waals surface area contributed by atoms with E-state index in [1.807, 2.05) is 42.5 Å². The summed E-state index contributed by atoms with van der Waals surface area (Å²) in [7, 11) is 0. The molecule has 19 heavy (non-hydrogen) atoms. The molecule has 0 aromatic heterocycles. The van der Waals surface area contributed by atoms with Crippen LogP contribution < -0.4 is 0 Å². The van der Waals surface area contributed by atoms with Crippen molar-refractivity contribution in [1.29, 1.82) is 0 Å². The lowest BCUT2D eigenvalue weighted by atomic mass is 9.79. The van der Waals surface area contributed by atoms with E-state index in [0.29, 0.717) is 17.5 Å². The van der Waals surface area contributed by atoms with Crippen molar-refractivity contribution in [2.24, 2.45) is 5.92 Å². The Morgan fingerprint density at radius 2 is 1.63 bits per heavy atom. The first-order chi connectivity index (χ1) is 9.27. The molecule has 3 rings (SSSR count). The third-order valence-electron chi connectivity index (χ3n) is 3.68. The summed E-state index contributed by atoms with van der Waals surface area (Å²) in [6, 6.07) is 16.7. The SMILES string of the molecule is O=C(c1ccccc1)[C@H]1CCc2ccccc2C1=O. The number of fused-ring (bicyclic) bond motifs is 1. The summed E-state index contributed by atoms with van der Waals surface area (Å²) in [6.07, 6.45) is 1.41. The highest BCUT2D eigenvalue weighted by atomic mass is 16.2. The van der Waals surface area contributed by atoms with Crippen LogP contribution in [0.5, 0.6) is 0 Å². The van der Waals surface area contributed by atoms with Gasteiger partial charge in [-0.15, -0.1) is 0 Å². The van der Waals surface area contributed by atoms with Crippen LogP contribution >= 0.6 is 0 Å². The van der Waals surface area contributed by atoms with E-state index in [9.17, 15) is 9.59 Å². The number of aryl methyl sites for hydroxylation is 1. The van der Waals surface area contributed by atoms with E-state index >= 15 is 0 Å². The van der Waals surface area contributed by atoms with E-state index < -0.39 is 5.92 Å². The van der Waals surface area contributed by atoms with Gasteiger partial charge in [-0.2, -0.15) is 0 Å². The highest BCUT2D eigenvalue weighted by Gasteiger charge is 2.32. The van der Waals surface area contributed by atoms with Crippen LogP contribution in [0.4, 0.5) is 0 Å². The van der Waals surface area contributed by atoms with Crippen molar-refractivity contribution in [3.8, 4) is 0 Å². The lowest BCUT2D eigenvalue weighted by Crippen LogP contribution is -2.29. The van der Waals surface area contributed by atoms with Crippen LogP contribution in [-0.4, -0.2) is 11.6 Å². The molecule has 2 heteroatoms. The molecule has 0 heterocycles. The largest absolute Gasteiger partial charge is 0.293 e. The predicted molar refractivity (Wildman–Crippen MR) is 73.4 cm³/mol. The fourth-order valence-electron chi connectivity index (χ4n) is 2.65. The molecule has 1 aliphatic rings. The number of rotatable bonds is 2. The number of hydrogen-bond acceptors (Lipinski definition) is 2. The summed E-state index contributed by atoms with van der Waals surface area (Å²) in [4.78, 5) is 24.8. The highest BCUT2D eigenvalue weighted by molar-refractivity contribution is 6.17. The maximum atomic E-state index is 12.4. The van der Waals surface area contributed by atoms with Gasteiger partial charge < -0.3 is 0 Å². The van der Waals surface area contributed by atoms with Gasteiger partial charge in [-0.3, -0.25) is 9.59 Å². The van der Waals surface area contributed by atoms with Crippen molar-refractivity contribution < 1.29 is 9.59 Å². The fraction of sp³-hybridized carbons (Fsp3) is 0.176. The average Bonchev–Trinajstić information content (AvgIpc) is 2.48. The fourth-order valence-corrected chi connectivity index (χ4v) is 2.65. The van der Waals surface area contributed by atoms with Crippen LogP contribution in [0, 0.1) is 5.92 Å². The van der Waals surface area contributed by atoms with Gasteiger partial charge in [0.15, 0.2) is 11.6 Å². The minimum atomic E-state index is -0.516. The van der Waals surface area contributed by atoms with E-state index in [1.54, 1.807) is 12.1 Å². The molecular formula is C17H14O2. The Morgan fingerprint density at radius 1 is 0.947 bits per heavy atom. The van der Waals surface area contributed by atoms with Crippen LogP contribution in [0.25, 0.3) is 0 Å². The average molecular weight is 250 g/mol. The van der Waals surface area contributed by atoms with Gasteiger partial charge in [-0.25, -0.2) is 0 Å². The maximum Gasteiger partial charge on any atom is 0.173 e. The Kier molecular flexibility index (Phi) is 3.00. The summed E-state index contributed by atoms with van der Waals surface area (Å²) in [5.74, 6) is -0.604. The van der Waals surface area contributed by atoms with Crippen molar-refractivity contribution in [1.82, 2.24) is 0 Å². The summed E-state index contributed by atoms with van der Waals surface area (Å²) >= 11 is 0. The zero-order valence-electron chi connectivity index (χ0n) is 10.5. The summed E-state index contributed by atoms with van der Waals surface area (Å²) < 4.78 is 0. The van der Waals surface area contributed by atoms with Crippen LogP contribution in [0.2, 0.25) is 0 Å². The molecule has 0 unspecified atom stereocenters. The Labute approximate surface area is 112 Å². The molecule has 0 saturated heterocycles. The van der Waals surface area contributed by atoms with Crippen molar-refractivity contribution >= 4 is 11.6 Å². The quantitative estimate of drug-likeness (QED) is 0.605. The monoisotopic (exact) mass is 250 g/mol. The number of ketones is 2. The van der Waals surface area contributed by atoms with Gasteiger partial charge in [0.1, 0.15) is 0 Å². The summed E-state index contributed by atoms with van der Waals surface area (Å²) in [6.45, 7) is 0. The minimum Gasteiger partial charge on any atom is -0.293 e. The number of benzene rings is 2. The standard InChI is InChI=1S/C17H14O2/c18-16(13-7-2-1-3-8-13)15-11-10-12-6-4-5-9-14(12)17(15)19/h1-9,15H,10-11H2/t15-/m1/s1. The highest BCUT2D eigenvalue weighted by Crippen LogP contribution is 2.27. The molecule has 0 saturated carbocycles. The number of carbonyl (C=O) groups is 2.